The minimum atomic E-state index is 0.0718. The first-order valence-electron chi connectivity index (χ1n) is 11.7. The zero-order valence-corrected chi connectivity index (χ0v) is 20.4. The van der Waals surface area contributed by atoms with Gasteiger partial charge in [0, 0.05) is 13.1 Å². The van der Waals surface area contributed by atoms with Crippen molar-refractivity contribution in [3.05, 3.63) is 66.2 Å². The van der Waals surface area contributed by atoms with E-state index in [2.05, 4.69) is 43.0 Å². The molecule has 1 aromatic heterocycles. The normalized spacial score (nSPS) is 11.4. The van der Waals surface area contributed by atoms with Gasteiger partial charge < -0.3 is 9.64 Å². The second-order valence-electron chi connectivity index (χ2n) is 7.95. The van der Waals surface area contributed by atoms with Crippen molar-refractivity contribution in [2.45, 2.75) is 27.2 Å². The molecular formula is C27H31N3O2S. The summed E-state index contributed by atoms with van der Waals surface area (Å²) in [6.45, 7) is 10.2. The van der Waals surface area contributed by atoms with Crippen LogP contribution in [0.1, 0.15) is 26.3 Å². The van der Waals surface area contributed by atoms with Gasteiger partial charge in [-0.3, -0.25) is 9.69 Å². The Hall–Kier alpha value is -2.96. The number of thiazole rings is 1. The fourth-order valence-electron chi connectivity index (χ4n) is 4.08. The number of benzene rings is 3. The van der Waals surface area contributed by atoms with Gasteiger partial charge in [0.15, 0.2) is 5.13 Å². The second kappa shape index (κ2) is 10.8. The quantitative estimate of drug-likeness (QED) is 0.301. The molecule has 0 fully saturated rings. The predicted molar refractivity (Wildman–Crippen MR) is 139 cm³/mol. The van der Waals surface area contributed by atoms with Gasteiger partial charge in [-0.25, -0.2) is 4.98 Å². The summed E-state index contributed by atoms with van der Waals surface area (Å²) in [5.74, 6) is 0.902. The van der Waals surface area contributed by atoms with Crippen LogP contribution in [0.5, 0.6) is 5.75 Å². The Morgan fingerprint density at radius 1 is 0.970 bits per heavy atom. The molecule has 5 nitrogen and oxygen atoms in total. The lowest BCUT2D eigenvalue weighted by molar-refractivity contribution is -0.118. The molecule has 4 rings (SSSR count). The summed E-state index contributed by atoms with van der Waals surface area (Å²) in [4.78, 5) is 22.7. The van der Waals surface area contributed by atoms with Gasteiger partial charge in [-0.1, -0.05) is 67.6 Å². The molecule has 0 spiro atoms. The highest BCUT2D eigenvalue weighted by Crippen LogP contribution is 2.32. The summed E-state index contributed by atoms with van der Waals surface area (Å²) < 4.78 is 6.68. The maximum atomic E-state index is 13.6. The monoisotopic (exact) mass is 461 g/mol. The second-order valence-corrected chi connectivity index (χ2v) is 8.96. The third kappa shape index (κ3) is 5.34. The summed E-state index contributed by atoms with van der Waals surface area (Å²) in [6.07, 6.45) is 0.347. The number of hydrogen-bond donors (Lipinski definition) is 0. The Morgan fingerprint density at radius 2 is 1.76 bits per heavy atom. The molecule has 33 heavy (non-hydrogen) atoms. The smallest absolute Gasteiger partial charge is 0.233 e. The van der Waals surface area contributed by atoms with Crippen molar-refractivity contribution in [2.24, 2.45) is 0 Å². The van der Waals surface area contributed by atoms with Gasteiger partial charge in [-0.2, -0.15) is 0 Å². The van der Waals surface area contributed by atoms with Crippen molar-refractivity contribution < 1.29 is 9.53 Å². The maximum Gasteiger partial charge on any atom is 0.233 e. The van der Waals surface area contributed by atoms with E-state index in [-0.39, 0.29) is 5.91 Å². The van der Waals surface area contributed by atoms with Crippen molar-refractivity contribution in [1.29, 1.82) is 0 Å². The Bertz CT molecular complexity index is 1230. The third-order valence-electron chi connectivity index (χ3n) is 5.95. The lowest BCUT2D eigenvalue weighted by Gasteiger charge is -2.25. The molecule has 1 heterocycles. The van der Waals surface area contributed by atoms with Crippen LogP contribution in [0, 0.1) is 0 Å². The van der Waals surface area contributed by atoms with E-state index in [9.17, 15) is 4.79 Å². The molecule has 0 atom stereocenters. The number of ether oxygens (including phenoxy) is 1. The number of rotatable bonds is 10. The molecule has 0 saturated heterocycles. The number of fused-ring (bicyclic) bond motifs is 2. The number of hydrogen-bond acceptors (Lipinski definition) is 5. The molecule has 3 aromatic carbocycles. The average molecular weight is 462 g/mol. The number of aromatic nitrogens is 1. The Balaban J connectivity index is 1.65. The van der Waals surface area contributed by atoms with E-state index < -0.39 is 0 Å². The number of carbonyl (C=O) groups is 1. The first-order valence-corrected chi connectivity index (χ1v) is 12.5. The minimum absolute atomic E-state index is 0.0718. The highest BCUT2D eigenvalue weighted by atomic mass is 32.1. The van der Waals surface area contributed by atoms with E-state index in [4.69, 9.17) is 9.72 Å². The molecule has 172 valence electrons. The largest absolute Gasteiger partial charge is 0.494 e. The number of carbonyl (C=O) groups excluding carboxylic acids is 1. The minimum Gasteiger partial charge on any atom is -0.494 e. The lowest BCUT2D eigenvalue weighted by atomic mass is 10.0. The molecule has 0 aliphatic rings. The molecule has 0 aliphatic heterocycles. The molecule has 0 saturated carbocycles. The van der Waals surface area contributed by atoms with Gasteiger partial charge in [0.05, 0.1) is 23.2 Å². The van der Waals surface area contributed by atoms with E-state index in [0.29, 0.717) is 19.6 Å². The van der Waals surface area contributed by atoms with E-state index >= 15 is 0 Å². The fourth-order valence-corrected chi connectivity index (χ4v) is 5.12. The van der Waals surface area contributed by atoms with E-state index in [0.717, 1.165) is 57.1 Å². The van der Waals surface area contributed by atoms with Crippen LogP contribution in [0.2, 0.25) is 0 Å². The van der Waals surface area contributed by atoms with Gasteiger partial charge in [-0.05, 0) is 54.5 Å². The van der Waals surface area contributed by atoms with Gasteiger partial charge in [-0.15, -0.1) is 0 Å². The van der Waals surface area contributed by atoms with Gasteiger partial charge in [0.25, 0.3) is 0 Å². The van der Waals surface area contributed by atoms with Crippen molar-refractivity contribution >= 4 is 43.4 Å². The Labute approximate surface area is 199 Å². The van der Waals surface area contributed by atoms with Crippen LogP contribution in [0.3, 0.4) is 0 Å². The summed E-state index contributed by atoms with van der Waals surface area (Å²) in [5, 5.41) is 3.03. The van der Waals surface area contributed by atoms with Gasteiger partial charge >= 0.3 is 0 Å². The fraction of sp³-hybridized carbons (Fsp3) is 0.333. The standard InChI is InChI=1S/C27H31N3O2S/c1-4-29(5-2)16-17-30(27-28-24-15-14-22(32-6-3)19-25(24)33-27)26(31)18-21-12-9-11-20-10-7-8-13-23(20)21/h7-15,19H,4-6,16-18H2,1-3H3. The molecule has 0 radical (unpaired) electrons. The van der Waals surface area contributed by atoms with E-state index in [1.807, 2.05) is 48.2 Å². The predicted octanol–water partition coefficient (Wildman–Crippen LogP) is 5.77. The Morgan fingerprint density at radius 3 is 2.55 bits per heavy atom. The number of amides is 1. The first-order chi connectivity index (χ1) is 16.1. The van der Waals surface area contributed by atoms with E-state index in [1.54, 1.807) is 11.3 Å². The van der Waals surface area contributed by atoms with Gasteiger partial charge in [0.1, 0.15) is 5.75 Å². The Kier molecular flexibility index (Phi) is 7.57. The van der Waals surface area contributed by atoms with Crippen LogP contribution in [-0.2, 0) is 11.2 Å². The third-order valence-corrected chi connectivity index (χ3v) is 6.99. The summed E-state index contributed by atoms with van der Waals surface area (Å²) >= 11 is 1.55. The molecule has 6 heteroatoms. The SMILES string of the molecule is CCOc1ccc2nc(N(CCN(CC)CC)C(=O)Cc3cccc4ccccc34)sc2c1. The number of anilines is 1. The van der Waals surface area contributed by atoms with Crippen LogP contribution in [-0.4, -0.2) is 48.6 Å². The van der Waals surface area contributed by atoms with Crippen LogP contribution in [0.4, 0.5) is 5.13 Å². The van der Waals surface area contributed by atoms with Crippen molar-refractivity contribution in [3.8, 4) is 5.75 Å². The first kappa shape index (κ1) is 23.2. The highest BCUT2D eigenvalue weighted by molar-refractivity contribution is 7.22. The number of nitrogens with zero attached hydrogens (tertiary/aromatic N) is 3. The topological polar surface area (TPSA) is 45.7 Å². The summed E-state index contributed by atoms with van der Waals surface area (Å²) in [6, 6.07) is 20.3. The van der Waals surface area contributed by atoms with Crippen molar-refractivity contribution in [3.63, 3.8) is 0 Å². The van der Waals surface area contributed by atoms with Crippen LogP contribution in [0.15, 0.2) is 60.7 Å². The molecule has 0 bridgehead atoms. The van der Waals surface area contributed by atoms with Crippen LogP contribution in [0.25, 0.3) is 21.0 Å². The lowest BCUT2D eigenvalue weighted by Crippen LogP contribution is -2.39. The molecule has 1 amide bonds. The molecule has 0 aliphatic carbocycles. The number of likely N-dealkylation sites (N-methyl/N-ethyl adjacent to an activating group) is 1. The molecule has 0 N–H and O–H groups in total. The summed E-state index contributed by atoms with van der Waals surface area (Å²) in [7, 11) is 0. The zero-order chi connectivity index (χ0) is 23.2. The molecular weight excluding hydrogens is 430 g/mol. The van der Waals surface area contributed by atoms with E-state index in [1.165, 1.54) is 0 Å². The van der Waals surface area contributed by atoms with Crippen molar-refractivity contribution in [1.82, 2.24) is 9.88 Å². The molecule has 0 unspecified atom stereocenters. The zero-order valence-electron chi connectivity index (χ0n) is 19.6. The van der Waals surface area contributed by atoms with Crippen LogP contribution < -0.4 is 9.64 Å². The average Bonchev–Trinajstić information content (AvgIpc) is 3.25. The van der Waals surface area contributed by atoms with Crippen LogP contribution >= 0.6 is 11.3 Å². The molecule has 4 aromatic rings. The van der Waals surface area contributed by atoms with Crippen molar-refractivity contribution in [2.75, 3.05) is 37.7 Å². The van der Waals surface area contributed by atoms with Gasteiger partial charge in [0.2, 0.25) is 5.91 Å². The highest BCUT2D eigenvalue weighted by Gasteiger charge is 2.21. The maximum absolute atomic E-state index is 13.6. The summed E-state index contributed by atoms with van der Waals surface area (Å²) in [5.41, 5.74) is 1.94.